The van der Waals surface area contributed by atoms with Crippen LogP contribution in [0.2, 0.25) is 0 Å². The van der Waals surface area contributed by atoms with Crippen molar-refractivity contribution < 1.29 is 0 Å². The van der Waals surface area contributed by atoms with E-state index in [-0.39, 0.29) is 12.4 Å². The lowest BCUT2D eigenvalue weighted by Crippen LogP contribution is -2.37. The van der Waals surface area contributed by atoms with E-state index in [0.717, 1.165) is 17.9 Å². The lowest BCUT2D eigenvalue weighted by atomic mass is 9.84. The Morgan fingerprint density at radius 3 is 2.13 bits per heavy atom. The van der Waals surface area contributed by atoms with Gasteiger partial charge in [-0.1, -0.05) is 27.7 Å². The van der Waals surface area contributed by atoms with Gasteiger partial charge >= 0.3 is 0 Å². The number of hydrogen-bond donors (Lipinski definition) is 1. The first-order valence-corrected chi connectivity index (χ1v) is 6.14. The van der Waals surface area contributed by atoms with Crippen LogP contribution in [-0.2, 0) is 0 Å². The predicted molar refractivity (Wildman–Crippen MR) is 70.7 cm³/mol. The van der Waals surface area contributed by atoms with Crippen LogP contribution >= 0.6 is 12.4 Å². The Bertz CT molecular complexity index is 173. The summed E-state index contributed by atoms with van der Waals surface area (Å²) in [7, 11) is 0. The zero-order chi connectivity index (χ0) is 10.8. The molecule has 1 aliphatic rings. The molecule has 92 valence electrons. The molecule has 0 aromatic rings. The Hall–Kier alpha value is 0.250. The van der Waals surface area contributed by atoms with E-state index < -0.39 is 0 Å². The SMILES string of the molecule is CC(C)CC(C)(C)CNC(C)C1CC1.Cl. The minimum atomic E-state index is 0. The molecule has 15 heavy (non-hydrogen) atoms. The van der Waals surface area contributed by atoms with Crippen molar-refractivity contribution >= 4 is 12.4 Å². The molecule has 0 heterocycles. The van der Waals surface area contributed by atoms with Crippen LogP contribution in [0.25, 0.3) is 0 Å². The molecule has 0 aromatic heterocycles. The molecule has 1 N–H and O–H groups in total. The first kappa shape index (κ1) is 15.2. The molecule has 1 nitrogen and oxygen atoms in total. The molecule has 1 saturated carbocycles. The summed E-state index contributed by atoms with van der Waals surface area (Å²) in [6, 6.07) is 0.737. The van der Waals surface area contributed by atoms with Crippen LogP contribution in [0, 0.1) is 17.3 Å². The van der Waals surface area contributed by atoms with E-state index in [9.17, 15) is 0 Å². The molecule has 2 heteroatoms. The van der Waals surface area contributed by atoms with Gasteiger partial charge in [-0.25, -0.2) is 0 Å². The van der Waals surface area contributed by atoms with Gasteiger partial charge in [0.15, 0.2) is 0 Å². The second kappa shape index (κ2) is 6.10. The summed E-state index contributed by atoms with van der Waals surface area (Å²) in [5.41, 5.74) is 0.456. The van der Waals surface area contributed by atoms with Crippen molar-refractivity contribution in [1.29, 1.82) is 0 Å². The van der Waals surface area contributed by atoms with Crippen molar-refractivity contribution in [2.24, 2.45) is 17.3 Å². The molecule has 0 saturated heterocycles. The third-order valence-corrected chi connectivity index (χ3v) is 3.19. The molecule has 1 fully saturated rings. The summed E-state index contributed by atoms with van der Waals surface area (Å²) >= 11 is 0. The van der Waals surface area contributed by atoms with E-state index in [1.165, 1.54) is 25.8 Å². The maximum Gasteiger partial charge on any atom is 0.00672 e. The average Bonchev–Trinajstić information content (AvgIpc) is 2.79. The van der Waals surface area contributed by atoms with E-state index in [1.807, 2.05) is 0 Å². The number of halogens is 1. The molecule has 1 rings (SSSR count). The van der Waals surface area contributed by atoms with Crippen molar-refractivity contribution in [3.8, 4) is 0 Å². The van der Waals surface area contributed by atoms with Crippen LogP contribution in [0.4, 0.5) is 0 Å². The average molecular weight is 234 g/mol. The molecule has 0 spiro atoms. The quantitative estimate of drug-likeness (QED) is 0.735. The summed E-state index contributed by atoms with van der Waals surface area (Å²) in [6.07, 6.45) is 4.20. The van der Waals surface area contributed by atoms with E-state index in [4.69, 9.17) is 0 Å². The number of nitrogens with one attached hydrogen (secondary N) is 1. The van der Waals surface area contributed by atoms with Gasteiger partial charge < -0.3 is 5.32 Å². The Morgan fingerprint density at radius 2 is 1.73 bits per heavy atom. The maximum atomic E-state index is 3.69. The Morgan fingerprint density at radius 1 is 1.20 bits per heavy atom. The first-order chi connectivity index (χ1) is 6.41. The molecule has 1 atom stereocenters. The third-order valence-electron chi connectivity index (χ3n) is 3.19. The van der Waals surface area contributed by atoms with Gasteiger partial charge in [0, 0.05) is 12.6 Å². The highest BCUT2D eigenvalue weighted by Crippen LogP contribution is 2.33. The molecule has 0 amide bonds. The lowest BCUT2D eigenvalue weighted by Gasteiger charge is -2.29. The fourth-order valence-electron chi connectivity index (χ4n) is 2.38. The Kier molecular flexibility index (Phi) is 6.20. The standard InChI is InChI=1S/C13H27N.ClH/c1-10(2)8-13(4,5)9-14-11(3)12-6-7-12;/h10-12,14H,6-9H2,1-5H3;1H. The predicted octanol–water partition coefficient (Wildman–Crippen LogP) is 3.87. The monoisotopic (exact) mass is 233 g/mol. The van der Waals surface area contributed by atoms with E-state index >= 15 is 0 Å². The van der Waals surface area contributed by atoms with Gasteiger partial charge in [0.2, 0.25) is 0 Å². The normalized spacial score (nSPS) is 18.8. The van der Waals surface area contributed by atoms with Gasteiger partial charge in [-0.15, -0.1) is 12.4 Å². The highest BCUT2D eigenvalue weighted by molar-refractivity contribution is 5.85. The van der Waals surface area contributed by atoms with E-state index in [1.54, 1.807) is 0 Å². The number of hydrogen-bond acceptors (Lipinski definition) is 1. The van der Waals surface area contributed by atoms with Crippen LogP contribution in [-0.4, -0.2) is 12.6 Å². The zero-order valence-electron chi connectivity index (χ0n) is 11.0. The van der Waals surface area contributed by atoms with Gasteiger partial charge in [-0.05, 0) is 43.4 Å². The van der Waals surface area contributed by atoms with Crippen LogP contribution in [0.15, 0.2) is 0 Å². The van der Waals surface area contributed by atoms with Crippen LogP contribution in [0.1, 0.15) is 53.9 Å². The second-order valence-electron chi connectivity index (χ2n) is 6.27. The smallest absolute Gasteiger partial charge is 0.00672 e. The fraction of sp³-hybridized carbons (Fsp3) is 1.00. The minimum Gasteiger partial charge on any atom is -0.313 e. The highest BCUT2D eigenvalue weighted by Gasteiger charge is 2.29. The van der Waals surface area contributed by atoms with Crippen LogP contribution < -0.4 is 5.32 Å². The van der Waals surface area contributed by atoms with Gasteiger partial charge in [-0.3, -0.25) is 0 Å². The Balaban J connectivity index is 0.00000196. The topological polar surface area (TPSA) is 12.0 Å². The molecule has 0 aromatic carbocycles. The highest BCUT2D eigenvalue weighted by atomic mass is 35.5. The summed E-state index contributed by atoms with van der Waals surface area (Å²) in [5, 5.41) is 3.69. The summed E-state index contributed by atoms with van der Waals surface area (Å²) in [5.74, 6) is 1.79. The first-order valence-electron chi connectivity index (χ1n) is 6.14. The van der Waals surface area contributed by atoms with Crippen LogP contribution in [0.5, 0.6) is 0 Å². The van der Waals surface area contributed by atoms with Gasteiger partial charge in [-0.2, -0.15) is 0 Å². The molecular weight excluding hydrogens is 206 g/mol. The largest absolute Gasteiger partial charge is 0.313 e. The molecule has 1 aliphatic carbocycles. The Labute approximate surface area is 102 Å². The summed E-state index contributed by atoms with van der Waals surface area (Å²) in [4.78, 5) is 0. The molecular formula is C13H28ClN. The molecule has 1 unspecified atom stereocenters. The van der Waals surface area contributed by atoms with Crippen molar-refractivity contribution in [3.63, 3.8) is 0 Å². The zero-order valence-corrected chi connectivity index (χ0v) is 11.8. The van der Waals surface area contributed by atoms with Crippen molar-refractivity contribution in [2.45, 2.75) is 59.9 Å². The van der Waals surface area contributed by atoms with Crippen LogP contribution in [0.3, 0.4) is 0 Å². The van der Waals surface area contributed by atoms with Crippen molar-refractivity contribution in [1.82, 2.24) is 5.32 Å². The number of rotatable bonds is 6. The van der Waals surface area contributed by atoms with Gasteiger partial charge in [0.25, 0.3) is 0 Å². The minimum absolute atomic E-state index is 0. The summed E-state index contributed by atoms with van der Waals surface area (Å²) in [6.45, 7) is 12.9. The molecule has 0 radical (unpaired) electrons. The lowest BCUT2D eigenvalue weighted by molar-refractivity contribution is 0.259. The van der Waals surface area contributed by atoms with Crippen molar-refractivity contribution in [3.05, 3.63) is 0 Å². The third kappa shape index (κ3) is 6.42. The summed E-state index contributed by atoms with van der Waals surface area (Å²) < 4.78 is 0. The van der Waals surface area contributed by atoms with E-state index in [0.29, 0.717) is 5.41 Å². The fourth-order valence-corrected chi connectivity index (χ4v) is 2.38. The van der Waals surface area contributed by atoms with Gasteiger partial charge in [0.1, 0.15) is 0 Å². The van der Waals surface area contributed by atoms with E-state index in [2.05, 4.69) is 39.9 Å². The van der Waals surface area contributed by atoms with Gasteiger partial charge in [0.05, 0.1) is 0 Å². The second-order valence-corrected chi connectivity index (χ2v) is 6.27. The molecule has 0 bridgehead atoms. The maximum absolute atomic E-state index is 3.69. The molecule has 0 aliphatic heterocycles. The van der Waals surface area contributed by atoms with Crippen molar-refractivity contribution in [2.75, 3.05) is 6.54 Å².